The van der Waals surface area contributed by atoms with Crippen LogP contribution in [-0.2, 0) is 7.05 Å². The predicted molar refractivity (Wildman–Crippen MR) is 71.2 cm³/mol. The second kappa shape index (κ2) is 4.41. The van der Waals surface area contributed by atoms with Crippen LogP contribution in [0.4, 0.5) is 4.39 Å². The zero-order valence-corrected chi connectivity index (χ0v) is 10.6. The SMILES string of the molecule is Cn1ccn2nc(-c3ccc(F)cc3)c(C=O)c2c1=O. The molecule has 0 aliphatic rings. The number of carbonyl (C=O) groups excluding carboxylic acids is 1. The number of hydrogen-bond acceptors (Lipinski definition) is 3. The molecule has 0 spiro atoms. The van der Waals surface area contributed by atoms with E-state index in [0.717, 1.165) is 0 Å². The van der Waals surface area contributed by atoms with Crippen molar-refractivity contribution in [3.63, 3.8) is 0 Å². The Morgan fingerprint density at radius 1 is 1.20 bits per heavy atom. The zero-order valence-electron chi connectivity index (χ0n) is 10.6. The summed E-state index contributed by atoms with van der Waals surface area (Å²) < 4.78 is 15.7. The van der Waals surface area contributed by atoms with Gasteiger partial charge in [0.15, 0.2) is 6.29 Å². The Hall–Kier alpha value is -2.76. The lowest BCUT2D eigenvalue weighted by Gasteiger charge is -1.97. The number of aromatic nitrogens is 3. The maximum Gasteiger partial charge on any atom is 0.277 e. The van der Waals surface area contributed by atoms with Crippen LogP contribution in [0.15, 0.2) is 41.5 Å². The van der Waals surface area contributed by atoms with Gasteiger partial charge in [0, 0.05) is 25.0 Å². The van der Waals surface area contributed by atoms with Crippen molar-refractivity contribution in [2.24, 2.45) is 7.05 Å². The molecule has 0 fully saturated rings. The molecule has 0 bridgehead atoms. The summed E-state index contributed by atoms with van der Waals surface area (Å²) >= 11 is 0. The summed E-state index contributed by atoms with van der Waals surface area (Å²) in [4.78, 5) is 23.4. The molecule has 2 aromatic heterocycles. The highest BCUT2D eigenvalue weighted by Gasteiger charge is 2.17. The van der Waals surface area contributed by atoms with Crippen molar-refractivity contribution in [2.45, 2.75) is 0 Å². The largest absolute Gasteiger partial charge is 0.315 e. The van der Waals surface area contributed by atoms with Crippen LogP contribution in [0.2, 0.25) is 0 Å². The van der Waals surface area contributed by atoms with E-state index in [1.54, 1.807) is 19.4 Å². The first-order valence-electron chi connectivity index (χ1n) is 5.91. The van der Waals surface area contributed by atoms with Gasteiger partial charge >= 0.3 is 0 Å². The molecular formula is C14H10FN3O2. The molecule has 0 N–H and O–H groups in total. The lowest BCUT2D eigenvalue weighted by molar-refractivity contribution is 0.112. The van der Waals surface area contributed by atoms with E-state index in [9.17, 15) is 14.0 Å². The van der Waals surface area contributed by atoms with E-state index in [1.165, 1.54) is 33.3 Å². The molecule has 2 heterocycles. The minimum atomic E-state index is -0.374. The minimum absolute atomic E-state index is 0.206. The van der Waals surface area contributed by atoms with Crippen LogP contribution in [0.1, 0.15) is 10.4 Å². The summed E-state index contributed by atoms with van der Waals surface area (Å²) in [6.45, 7) is 0. The maximum atomic E-state index is 13.0. The molecule has 0 saturated carbocycles. The quantitative estimate of drug-likeness (QED) is 0.666. The van der Waals surface area contributed by atoms with Gasteiger partial charge in [0.1, 0.15) is 17.0 Å². The number of carbonyl (C=O) groups is 1. The van der Waals surface area contributed by atoms with Gasteiger partial charge in [-0.25, -0.2) is 8.91 Å². The predicted octanol–water partition coefficient (Wildman–Crippen LogP) is 1.65. The van der Waals surface area contributed by atoms with E-state index in [2.05, 4.69) is 5.10 Å². The van der Waals surface area contributed by atoms with Crippen LogP contribution < -0.4 is 5.56 Å². The molecule has 3 aromatic rings. The van der Waals surface area contributed by atoms with Gasteiger partial charge in [0.05, 0.1) is 5.56 Å². The molecule has 0 radical (unpaired) electrons. The minimum Gasteiger partial charge on any atom is -0.315 e. The Morgan fingerprint density at radius 3 is 2.55 bits per heavy atom. The number of aldehydes is 1. The van der Waals surface area contributed by atoms with Crippen molar-refractivity contribution in [1.29, 1.82) is 0 Å². The Labute approximate surface area is 112 Å². The number of rotatable bonds is 2. The number of hydrogen-bond donors (Lipinski definition) is 0. The van der Waals surface area contributed by atoms with Crippen molar-refractivity contribution in [3.8, 4) is 11.3 Å². The first-order valence-corrected chi connectivity index (χ1v) is 5.91. The molecule has 0 unspecified atom stereocenters. The highest BCUT2D eigenvalue weighted by molar-refractivity contribution is 5.94. The summed E-state index contributed by atoms with van der Waals surface area (Å²) in [5.74, 6) is -0.374. The van der Waals surface area contributed by atoms with Crippen molar-refractivity contribution in [1.82, 2.24) is 14.2 Å². The van der Waals surface area contributed by atoms with Crippen molar-refractivity contribution < 1.29 is 9.18 Å². The van der Waals surface area contributed by atoms with Gasteiger partial charge in [-0.15, -0.1) is 0 Å². The summed E-state index contributed by atoms with van der Waals surface area (Å²) in [5, 5.41) is 4.23. The van der Waals surface area contributed by atoms with Crippen LogP contribution in [0.25, 0.3) is 16.8 Å². The van der Waals surface area contributed by atoms with E-state index in [-0.39, 0.29) is 22.5 Å². The lowest BCUT2D eigenvalue weighted by Crippen LogP contribution is -2.18. The molecule has 100 valence electrons. The number of benzene rings is 1. The third-order valence-corrected chi connectivity index (χ3v) is 3.14. The van der Waals surface area contributed by atoms with Gasteiger partial charge < -0.3 is 4.57 Å². The van der Waals surface area contributed by atoms with Gasteiger partial charge in [-0.1, -0.05) is 0 Å². The van der Waals surface area contributed by atoms with Crippen molar-refractivity contribution in [3.05, 3.63) is 58.4 Å². The van der Waals surface area contributed by atoms with E-state index in [4.69, 9.17) is 0 Å². The normalized spacial score (nSPS) is 10.9. The lowest BCUT2D eigenvalue weighted by atomic mass is 10.1. The number of halogens is 1. The summed E-state index contributed by atoms with van der Waals surface area (Å²) in [7, 11) is 1.60. The van der Waals surface area contributed by atoms with Gasteiger partial charge in [-0.05, 0) is 24.3 Å². The smallest absolute Gasteiger partial charge is 0.277 e. The van der Waals surface area contributed by atoms with Crippen LogP contribution >= 0.6 is 0 Å². The van der Waals surface area contributed by atoms with Crippen LogP contribution in [0, 0.1) is 5.82 Å². The molecule has 0 atom stereocenters. The summed E-state index contributed by atoms with van der Waals surface area (Å²) in [6, 6.07) is 5.61. The highest BCUT2D eigenvalue weighted by Crippen LogP contribution is 2.23. The Bertz CT molecular complexity index is 862. The third-order valence-electron chi connectivity index (χ3n) is 3.14. The van der Waals surface area contributed by atoms with Crippen molar-refractivity contribution >= 4 is 11.8 Å². The first-order chi connectivity index (χ1) is 9.61. The molecule has 20 heavy (non-hydrogen) atoms. The highest BCUT2D eigenvalue weighted by atomic mass is 19.1. The third kappa shape index (κ3) is 1.73. The van der Waals surface area contributed by atoms with Crippen LogP contribution in [-0.4, -0.2) is 20.5 Å². The molecule has 3 rings (SSSR count). The Kier molecular flexibility index (Phi) is 2.71. The van der Waals surface area contributed by atoms with Gasteiger partial charge in [-0.2, -0.15) is 5.10 Å². The first kappa shape index (κ1) is 12.3. The van der Waals surface area contributed by atoms with Gasteiger partial charge in [0.2, 0.25) is 0 Å². The van der Waals surface area contributed by atoms with E-state index in [0.29, 0.717) is 17.5 Å². The molecule has 1 aromatic carbocycles. The summed E-state index contributed by atoms with van der Waals surface area (Å²) in [6.07, 6.45) is 3.75. The summed E-state index contributed by atoms with van der Waals surface area (Å²) in [5.41, 5.74) is 1.06. The van der Waals surface area contributed by atoms with Gasteiger partial charge in [0.25, 0.3) is 5.56 Å². The average molecular weight is 271 g/mol. The number of fused-ring (bicyclic) bond motifs is 1. The molecule has 5 nitrogen and oxygen atoms in total. The molecule has 6 heteroatoms. The fraction of sp³-hybridized carbons (Fsp3) is 0.0714. The zero-order chi connectivity index (χ0) is 14.3. The molecule has 0 aliphatic carbocycles. The van der Waals surface area contributed by atoms with E-state index in [1.807, 2.05) is 0 Å². The standard InChI is InChI=1S/C14H10FN3O2/c1-17-6-7-18-13(14(17)20)11(8-19)12(16-18)9-2-4-10(15)5-3-9/h2-8H,1H3. The fourth-order valence-corrected chi connectivity index (χ4v) is 2.10. The average Bonchev–Trinajstić information content (AvgIpc) is 2.83. The Balaban J connectivity index is 2.37. The topological polar surface area (TPSA) is 56.4 Å². The van der Waals surface area contributed by atoms with Crippen molar-refractivity contribution in [2.75, 3.05) is 0 Å². The Morgan fingerprint density at radius 2 is 1.90 bits per heavy atom. The number of nitrogens with zero attached hydrogens (tertiary/aromatic N) is 3. The molecule has 0 amide bonds. The fourth-order valence-electron chi connectivity index (χ4n) is 2.10. The van der Waals surface area contributed by atoms with Crippen LogP contribution in [0.5, 0.6) is 0 Å². The second-order valence-corrected chi connectivity index (χ2v) is 4.39. The molecule has 0 aliphatic heterocycles. The van der Waals surface area contributed by atoms with E-state index < -0.39 is 0 Å². The number of aryl methyl sites for hydroxylation is 1. The van der Waals surface area contributed by atoms with E-state index >= 15 is 0 Å². The second-order valence-electron chi connectivity index (χ2n) is 4.39. The molecule has 0 saturated heterocycles. The van der Waals surface area contributed by atoms with Crippen LogP contribution in [0.3, 0.4) is 0 Å². The molecular weight excluding hydrogens is 261 g/mol. The monoisotopic (exact) mass is 271 g/mol. The van der Waals surface area contributed by atoms with Gasteiger partial charge in [-0.3, -0.25) is 9.59 Å². The maximum absolute atomic E-state index is 13.0.